The van der Waals surface area contributed by atoms with Gasteiger partial charge in [0.15, 0.2) is 0 Å². The largest absolute Gasteiger partial charge is 0.494 e. The molecule has 2 aromatic carbocycles. The molecule has 0 aliphatic rings. The van der Waals surface area contributed by atoms with Crippen LogP contribution in [0.1, 0.15) is 36.2 Å². The van der Waals surface area contributed by atoms with Gasteiger partial charge in [0.25, 0.3) is 0 Å². The Morgan fingerprint density at radius 2 is 1.60 bits per heavy atom. The van der Waals surface area contributed by atoms with Crippen LogP contribution in [-0.4, -0.2) is 21.7 Å². The second-order valence-electron chi connectivity index (χ2n) is 6.98. The Balaban J connectivity index is 1.91. The number of nitrogens with zero attached hydrogens (tertiary/aromatic N) is 3. The summed E-state index contributed by atoms with van der Waals surface area (Å²) in [7, 11) is 0. The van der Waals surface area contributed by atoms with Crippen LogP contribution in [-0.2, 0) is 11.2 Å². The molecule has 0 unspecified atom stereocenters. The molecule has 0 aliphatic heterocycles. The predicted molar refractivity (Wildman–Crippen MR) is 123 cm³/mol. The maximum Gasteiger partial charge on any atom is 0.148 e. The normalized spacial score (nSPS) is 10.7. The Morgan fingerprint density at radius 1 is 0.967 bits per heavy atom. The molecule has 2 aromatic heterocycles. The predicted octanol–water partition coefficient (Wildman–Crippen LogP) is 6.07. The zero-order chi connectivity index (χ0) is 20.9. The molecule has 0 atom stereocenters. The van der Waals surface area contributed by atoms with E-state index in [1.807, 2.05) is 66.2 Å². The number of hydrogen-bond acceptors (Lipinski definition) is 3. The summed E-state index contributed by atoms with van der Waals surface area (Å²) >= 11 is 0. The minimum Gasteiger partial charge on any atom is -0.494 e. The molecule has 4 nitrogen and oxygen atoms in total. The van der Waals surface area contributed by atoms with Gasteiger partial charge < -0.3 is 9.14 Å². The van der Waals surface area contributed by atoms with Gasteiger partial charge in [-0.1, -0.05) is 74.2 Å². The van der Waals surface area contributed by atoms with Gasteiger partial charge in [-0.05, 0) is 19.4 Å². The number of ether oxygens (including phenoxy) is 1. The summed E-state index contributed by atoms with van der Waals surface area (Å²) in [5, 5.41) is 0. The quantitative estimate of drug-likeness (QED) is 0.281. The lowest BCUT2D eigenvalue weighted by Gasteiger charge is -2.11. The topological polar surface area (TPSA) is 38.9 Å². The highest BCUT2D eigenvalue weighted by atomic mass is 16.5. The molecule has 2 heterocycles. The SMILES string of the molecule is C=C(OCC)c1cc(N=C(c2ccccc2)c2ccccc2)cn2cc(CC)nc12. The van der Waals surface area contributed by atoms with Crippen LogP contribution in [0, 0.1) is 0 Å². The van der Waals surface area contributed by atoms with Crippen molar-refractivity contribution in [3.05, 3.63) is 108 Å². The molecular weight excluding hydrogens is 370 g/mol. The van der Waals surface area contributed by atoms with Crippen molar-refractivity contribution in [1.29, 1.82) is 0 Å². The van der Waals surface area contributed by atoms with Crippen LogP contribution in [0.2, 0.25) is 0 Å². The van der Waals surface area contributed by atoms with E-state index in [2.05, 4.69) is 37.8 Å². The molecular formula is C26H25N3O. The lowest BCUT2D eigenvalue weighted by molar-refractivity contribution is 0.299. The minimum absolute atomic E-state index is 0.555. The molecule has 0 radical (unpaired) electrons. The average Bonchev–Trinajstić information content (AvgIpc) is 3.21. The maximum atomic E-state index is 5.71. The highest BCUT2D eigenvalue weighted by Gasteiger charge is 2.13. The van der Waals surface area contributed by atoms with Crippen molar-refractivity contribution in [3.8, 4) is 0 Å². The Bertz CT molecular complexity index is 1150. The summed E-state index contributed by atoms with van der Waals surface area (Å²) in [5.41, 5.74) is 6.58. The Morgan fingerprint density at radius 3 is 2.17 bits per heavy atom. The van der Waals surface area contributed by atoms with Crippen molar-refractivity contribution in [2.24, 2.45) is 4.99 Å². The number of imidazole rings is 1. The van der Waals surface area contributed by atoms with E-state index in [0.29, 0.717) is 12.4 Å². The fourth-order valence-electron chi connectivity index (χ4n) is 3.44. The molecule has 0 spiro atoms. The second kappa shape index (κ2) is 8.78. The number of rotatable bonds is 7. The van der Waals surface area contributed by atoms with Crippen molar-refractivity contribution in [2.45, 2.75) is 20.3 Å². The van der Waals surface area contributed by atoms with Crippen molar-refractivity contribution in [2.75, 3.05) is 6.61 Å². The van der Waals surface area contributed by atoms with Crippen LogP contribution in [0.3, 0.4) is 0 Å². The van der Waals surface area contributed by atoms with Gasteiger partial charge in [-0.2, -0.15) is 0 Å². The molecule has 0 fully saturated rings. The first-order chi connectivity index (χ1) is 14.7. The summed E-state index contributed by atoms with van der Waals surface area (Å²) < 4.78 is 7.73. The number of aryl methyl sites for hydroxylation is 1. The van der Waals surface area contributed by atoms with Gasteiger partial charge in [-0.15, -0.1) is 0 Å². The van der Waals surface area contributed by atoms with E-state index in [9.17, 15) is 0 Å². The third-order valence-corrected chi connectivity index (χ3v) is 4.90. The Labute approximate surface area is 177 Å². The van der Waals surface area contributed by atoms with Crippen LogP contribution in [0.15, 0.2) is 90.7 Å². The van der Waals surface area contributed by atoms with E-state index in [1.54, 1.807) is 0 Å². The van der Waals surface area contributed by atoms with Crippen LogP contribution < -0.4 is 0 Å². The fourth-order valence-corrected chi connectivity index (χ4v) is 3.44. The zero-order valence-corrected chi connectivity index (χ0v) is 17.4. The van der Waals surface area contributed by atoms with Crippen LogP contribution in [0.5, 0.6) is 0 Å². The van der Waals surface area contributed by atoms with Gasteiger partial charge in [-0.25, -0.2) is 9.98 Å². The Kier molecular flexibility index (Phi) is 5.75. The van der Waals surface area contributed by atoms with Crippen molar-refractivity contribution in [3.63, 3.8) is 0 Å². The third kappa shape index (κ3) is 4.03. The van der Waals surface area contributed by atoms with E-state index >= 15 is 0 Å². The standard InChI is InChI=1S/C26H25N3O/c1-4-22-17-29-18-23(16-24(26(29)28-22)19(3)30-5-2)27-25(20-12-8-6-9-13-20)21-14-10-7-11-15-21/h6-18H,3-5H2,1-2H3. The number of aromatic nitrogens is 2. The van der Waals surface area contributed by atoms with E-state index < -0.39 is 0 Å². The molecule has 0 aliphatic carbocycles. The fraction of sp³-hybridized carbons (Fsp3) is 0.154. The number of fused-ring (bicyclic) bond motifs is 1. The maximum absolute atomic E-state index is 5.71. The first kappa shape index (κ1) is 19.6. The molecule has 4 heteroatoms. The summed E-state index contributed by atoms with van der Waals surface area (Å²) in [6, 6.07) is 22.5. The van der Waals surface area contributed by atoms with Gasteiger partial charge in [0.05, 0.1) is 29.3 Å². The van der Waals surface area contributed by atoms with Gasteiger partial charge >= 0.3 is 0 Å². The monoisotopic (exact) mass is 395 g/mol. The van der Waals surface area contributed by atoms with Crippen LogP contribution >= 0.6 is 0 Å². The number of benzene rings is 2. The van der Waals surface area contributed by atoms with E-state index in [0.717, 1.165) is 45.9 Å². The number of hydrogen-bond donors (Lipinski definition) is 0. The van der Waals surface area contributed by atoms with Gasteiger partial charge in [-0.3, -0.25) is 0 Å². The molecule has 0 saturated heterocycles. The van der Waals surface area contributed by atoms with Crippen molar-refractivity contribution in [1.82, 2.24) is 9.38 Å². The molecule has 0 bridgehead atoms. The average molecular weight is 396 g/mol. The third-order valence-electron chi connectivity index (χ3n) is 4.90. The van der Waals surface area contributed by atoms with Crippen molar-refractivity contribution < 1.29 is 4.74 Å². The summed E-state index contributed by atoms with van der Waals surface area (Å²) in [6.07, 6.45) is 4.91. The first-order valence-corrected chi connectivity index (χ1v) is 10.2. The summed E-state index contributed by atoms with van der Waals surface area (Å²) in [4.78, 5) is 9.80. The highest BCUT2D eigenvalue weighted by Crippen LogP contribution is 2.27. The molecule has 4 aromatic rings. The smallest absolute Gasteiger partial charge is 0.148 e. The molecule has 150 valence electrons. The van der Waals surface area contributed by atoms with E-state index in [1.165, 1.54) is 0 Å². The van der Waals surface area contributed by atoms with Gasteiger partial charge in [0, 0.05) is 23.5 Å². The van der Waals surface area contributed by atoms with Crippen LogP contribution in [0.25, 0.3) is 11.4 Å². The lowest BCUT2D eigenvalue weighted by Crippen LogP contribution is -2.03. The lowest BCUT2D eigenvalue weighted by atomic mass is 10.0. The van der Waals surface area contributed by atoms with Crippen molar-refractivity contribution >= 4 is 22.8 Å². The summed E-state index contributed by atoms with van der Waals surface area (Å²) in [6.45, 7) is 8.72. The molecule has 4 rings (SSSR count). The van der Waals surface area contributed by atoms with Crippen LogP contribution in [0.4, 0.5) is 5.69 Å². The molecule has 30 heavy (non-hydrogen) atoms. The zero-order valence-electron chi connectivity index (χ0n) is 17.4. The van der Waals surface area contributed by atoms with E-state index in [-0.39, 0.29) is 0 Å². The van der Waals surface area contributed by atoms with Gasteiger partial charge in [0.1, 0.15) is 11.4 Å². The molecule has 0 N–H and O–H groups in total. The molecule has 0 amide bonds. The van der Waals surface area contributed by atoms with E-state index in [4.69, 9.17) is 14.7 Å². The molecule has 0 saturated carbocycles. The Hall–Kier alpha value is -3.66. The first-order valence-electron chi connectivity index (χ1n) is 10.2. The highest BCUT2D eigenvalue weighted by molar-refractivity contribution is 6.14. The minimum atomic E-state index is 0.555. The number of pyridine rings is 1. The second-order valence-corrected chi connectivity index (χ2v) is 6.98. The summed E-state index contributed by atoms with van der Waals surface area (Å²) in [5.74, 6) is 0.605. The number of aliphatic imine (C=N–C) groups is 1. The van der Waals surface area contributed by atoms with Gasteiger partial charge in [0.2, 0.25) is 0 Å².